The largest absolute Gasteiger partial charge is 0.457 e. The molecule has 3 fully saturated rings. The van der Waals surface area contributed by atoms with Crippen LogP contribution in [-0.2, 0) is 61.8 Å². The van der Waals surface area contributed by atoms with E-state index in [0.29, 0.717) is 18.6 Å². The molecule has 62 heavy (non-hydrogen) atoms. The van der Waals surface area contributed by atoms with Crippen LogP contribution in [0.4, 0.5) is 4.79 Å². The summed E-state index contributed by atoms with van der Waals surface area (Å²) in [5, 5.41) is 0. The zero-order chi connectivity index (χ0) is 46.1. The predicted molar refractivity (Wildman–Crippen MR) is 224 cm³/mol. The lowest BCUT2D eigenvalue weighted by Crippen LogP contribution is -2.62. The minimum atomic E-state index is -1.60. The Morgan fingerprint density at radius 1 is 0.984 bits per heavy atom. The highest BCUT2D eigenvalue weighted by Crippen LogP contribution is 2.51. The molecule has 17 nitrogen and oxygen atoms in total. The van der Waals surface area contributed by atoms with E-state index in [1.165, 1.54) is 25.6 Å². The van der Waals surface area contributed by atoms with Gasteiger partial charge >= 0.3 is 18.0 Å². The van der Waals surface area contributed by atoms with Crippen LogP contribution in [0.2, 0.25) is 0 Å². The number of methoxy groups -OCH3 is 2. The average Bonchev–Trinajstić information content (AvgIpc) is 3.84. The van der Waals surface area contributed by atoms with Crippen LogP contribution in [0.15, 0.2) is 30.4 Å². The van der Waals surface area contributed by atoms with Gasteiger partial charge in [0, 0.05) is 51.8 Å². The summed E-state index contributed by atoms with van der Waals surface area (Å²) in [4.78, 5) is 61.3. The number of likely N-dealkylation sites (N-methyl/N-ethyl adjacent to an activating group) is 1. The van der Waals surface area contributed by atoms with Crippen molar-refractivity contribution < 1.29 is 66.5 Å². The Balaban J connectivity index is 1.65. The molecule has 0 aromatic carbocycles. The van der Waals surface area contributed by atoms with Gasteiger partial charge in [0.1, 0.15) is 23.6 Å². The number of carbonyl (C=O) groups excluding carboxylic acids is 4. The third-order valence-corrected chi connectivity index (χ3v) is 13.8. The van der Waals surface area contributed by atoms with Crippen LogP contribution in [0.1, 0.15) is 102 Å². The zero-order valence-electron chi connectivity index (χ0n) is 39.3. The molecule has 1 spiro atoms. The summed E-state index contributed by atoms with van der Waals surface area (Å²) in [5.74, 6) is -3.82. The highest BCUT2D eigenvalue weighted by molar-refractivity contribution is 5.96. The van der Waals surface area contributed by atoms with Crippen LogP contribution >= 0.6 is 0 Å². The molecule has 0 N–H and O–H groups in total. The van der Waals surface area contributed by atoms with Crippen LogP contribution in [0.5, 0.6) is 0 Å². The standard InChI is InChI=1S/C45H71N3O14/c1-16-33-42(9,62-41(52)48-18-17-46-24-48)20-25(2)35(50)26(3)21-43(10,53-14)38(61-40-37(58-31(8)49)32(47(12)13)19-27(4)56-40)28(5)36(29(6)39(51)59-33)60-34-22-44(11,54-15)45(23-55-45)30(7)57-34/h17-18,20,24,26-30,32-34,36-38,40H,16,19,21-23H2,1-15H3/t26-,27-,28+,29-,30+,32+,33-,34+,36+,37-,38-,40+,42+,43+,44-,45-/m1/s1. The smallest absolute Gasteiger partial charge is 0.420 e. The Bertz CT molecular complexity index is 1770. The number of allylic oxidation sites excluding steroid dienone is 1. The highest BCUT2D eigenvalue weighted by atomic mass is 16.7. The van der Waals surface area contributed by atoms with Gasteiger partial charge in [0.15, 0.2) is 30.1 Å². The number of hydrogen-bond donors (Lipinski definition) is 0. The maximum absolute atomic E-state index is 14.8. The van der Waals surface area contributed by atoms with E-state index in [9.17, 15) is 19.2 Å². The molecule has 0 aliphatic carbocycles. The Morgan fingerprint density at radius 3 is 2.21 bits per heavy atom. The second kappa shape index (κ2) is 19.4. The van der Waals surface area contributed by atoms with Gasteiger partial charge in [0.2, 0.25) is 0 Å². The van der Waals surface area contributed by atoms with Gasteiger partial charge in [-0.2, -0.15) is 0 Å². The average molecular weight is 878 g/mol. The summed E-state index contributed by atoms with van der Waals surface area (Å²) >= 11 is 0. The first kappa shape index (κ1) is 49.7. The number of ether oxygens (including phenoxy) is 10. The van der Waals surface area contributed by atoms with E-state index in [0.717, 1.165) is 4.57 Å². The maximum atomic E-state index is 14.8. The first-order valence-corrected chi connectivity index (χ1v) is 21.8. The van der Waals surface area contributed by atoms with Crippen molar-refractivity contribution in [3.05, 3.63) is 30.4 Å². The van der Waals surface area contributed by atoms with Crippen molar-refractivity contribution in [2.24, 2.45) is 17.8 Å². The van der Waals surface area contributed by atoms with Gasteiger partial charge in [-0.15, -0.1) is 0 Å². The van der Waals surface area contributed by atoms with Gasteiger partial charge in [-0.05, 0) is 93.5 Å². The van der Waals surface area contributed by atoms with Gasteiger partial charge in [0.25, 0.3) is 0 Å². The van der Waals surface area contributed by atoms with E-state index in [4.69, 9.17) is 47.4 Å². The fourth-order valence-corrected chi connectivity index (χ4v) is 9.92. The van der Waals surface area contributed by atoms with Gasteiger partial charge in [-0.1, -0.05) is 20.8 Å². The van der Waals surface area contributed by atoms with Crippen molar-refractivity contribution in [3.8, 4) is 0 Å². The number of nitrogens with zero attached hydrogens (tertiary/aromatic N) is 3. The van der Waals surface area contributed by atoms with Crippen LogP contribution in [0.25, 0.3) is 0 Å². The molecule has 0 radical (unpaired) electrons. The topological polar surface area (TPSA) is 185 Å². The Morgan fingerprint density at radius 2 is 1.66 bits per heavy atom. The SMILES string of the molecule is CC[C@H]1OC(=O)[C@H](C)[C@@H](O[C@H]2C[C@@](C)(OC)[C@@]3(CO3)[C@H](C)O2)[C@H](C)[C@@H](O[C@@H]2O[C@H](C)C[C@H](N(C)C)[C@H]2OC(C)=O)[C@@](C)(OC)C[C@@H](C)C(=O)C(C)=C[C@]1(C)OC(=O)n1ccnc1. The Labute approximate surface area is 366 Å². The molecule has 3 saturated heterocycles. The third-order valence-electron chi connectivity index (χ3n) is 13.8. The lowest BCUT2D eigenvalue weighted by atomic mass is 9.76. The molecular weight excluding hydrogens is 807 g/mol. The van der Waals surface area contributed by atoms with Gasteiger partial charge < -0.3 is 52.3 Å². The van der Waals surface area contributed by atoms with Gasteiger partial charge in [-0.3, -0.25) is 14.4 Å². The lowest BCUT2D eigenvalue weighted by Gasteiger charge is -2.50. The molecule has 16 atom stereocenters. The number of epoxide rings is 1. The lowest BCUT2D eigenvalue weighted by molar-refractivity contribution is -0.317. The quantitative estimate of drug-likeness (QED) is 0.168. The molecule has 350 valence electrons. The monoisotopic (exact) mass is 877 g/mol. The van der Waals surface area contributed by atoms with Crippen molar-refractivity contribution in [2.45, 2.75) is 179 Å². The number of cyclic esters (lactones) is 1. The van der Waals surface area contributed by atoms with Crippen LogP contribution in [-0.4, -0.2) is 151 Å². The first-order chi connectivity index (χ1) is 29.0. The Kier molecular flexibility index (Phi) is 15.6. The summed E-state index contributed by atoms with van der Waals surface area (Å²) < 4.78 is 65.2. The number of esters is 2. The van der Waals surface area contributed by atoms with E-state index >= 15 is 0 Å². The number of carbonyl (C=O) groups is 4. The van der Waals surface area contributed by atoms with Crippen LogP contribution < -0.4 is 0 Å². The first-order valence-electron chi connectivity index (χ1n) is 21.8. The molecule has 4 aliphatic rings. The van der Waals surface area contributed by atoms with Crippen LogP contribution in [0.3, 0.4) is 0 Å². The minimum Gasteiger partial charge on any atom is -0.457 e. The second-order valence-corrected chi connectivity index (χ2v) is 18.7. The number of hydrogen-bond acceptors (Lipinski definition) is 16. The normalized spacial score (nSPS) is 42.2. The van der Waals surface area contributed by atoms with E-state index in [1.54, 1.807) is 54.9 Å². The van der Waals surface area contributed by atoms with Crippen molar-refractivity contribution in [1.29, 1.82) is 0 Å². The maximum Gasteiger partial charge on any atom is 0.420 e. The number of imidazole rings is 1. The number of rotatable bonds is 10. The van der Waals surface area contributed by atoms with E-state index in [-0.39, 0.29) is 37.2 Å². The molecule has 1 aromatic heterocycles. The summed E-state index contributed by atoms with van der Waals surface area (Å²) in [6.45, 7) is 19.9. The van der Waals surface area contributed by atoms with Crippen molar-refractivity contribution in [1.82, 2.24) is 14.5 Å². The predicted octanol–water partition coefficient (Wildman–Crippen LogP) is 5.26. The summed E-state index contributed by atoms with van der Waals surface area (Å²) in [6, 6.07) is -0.270. The molecule has 1 aromatic rings. The molecule has 0 saturated carbocycles. The number of ketones is 1. The number of Topliss-reactive ketones (excluding diaryl/α,β-unsaturated/α-hetero) is 1. The second-order valence-electron chi connectivity index (χ2n) is 18.7. The van der Waals surface area contributed by atoms with Crippen molar-refractivity contribution in [2.75, 3.05) is 34.9 Å². The minimum absolute atomic E-state index is 0.132. The molecule has 0 amide bonds. The number of aromatic nitrogens is 2. The zero-order valence-corrected chi connectivity index (χ0v) is 39.3. The van der Waals surface area contributed by atoms with Gasteiger partial charge in [-0.25, -0.2) is 14.3 Å². The van der Waals surface area contributed by atoms with Crippen molar-refractivity contribution >= 4 is 23.8 Å². The van der Waals surface area contributed by atoms with Crippen LogP contribution in [0, 0.1) is 17.8 Å². The molecule has 4 aliphatic heterocycles. The fourth-order valence-electron chi connectivity index (χ4n) is 9.92. The van der Waals surface area contributed by atoms with Gasteiger partial charge in [0.05, 0.1) is 48.6 Å². The summed E-state index contributed by atoms with van der Waals surface area (Å²) in [7, 11) is 6.98. The van der Waals surface area contributed by atoms with Crippen molar-refractivity contribution in [3.63, 3.8) is 0 Å². The molecule has 5 rings (SSSR count). The summed E-state index contributed by atoms with van der Waals surface area (Å²) in [6.07, 6.45) is -0.421. The van der Waals surface area contributed by atoms with E-state index in [2.05, 4.69) is 4.98 Å². The molecule has 17 heteroatoms. The molecule has 0 bridgehead atoms. The molecule has 5 heterocycles. The van der Waals surface area contributed by atoms with E-state index in [1.807, 2.05) is 53.6 Å². The fraction of sp³-hybridized carbons (Fsp3) is 0.800. The van der Waals surface area contributed by atoms with E-state index < -0.39 is 101 Å². The Hall–Kier alpha value is -3.29. The highest BCUT2D eigenvalue weighted by Gasteiger charge is 2.67. The molecule has 0 unspecified atom stereocenters. The third kappa shape index (κ3) is 10.1. The molecular formula is C45H71N3O14. The summed E-state index contributed by atoms with van der Waals surface area (Å²) in [5.41, 5.74) is -4.03.